The third kappa shape index (κ3) is 1.82. The van der Waals surface area contributed by atoms with Crippen LogP contribution in [0.25, 0.3) is 0 Å². The summed E-state index contributed by atoms with van der Waals surface area (Å²) in [6.45, 7) is 4.28. The predicted molar refractivity (Wildman–Crippen MR) is 51.2 cm³/mol. The van der Waals surface area contributed by atoms with Crippen LogP contribution in [-0.2, 0) is 0 Å². The maximum absolute atomic E-state index is 12.9. The van der Waals surface area contributed by atoms with Crippen LogP contribution in [0, 0.1) is 17.8 Å². The van der Waals surface area contributed by atoms with Crippen molar-refractivity contribution in [2.75, 3.05) is 18.0 Å². The smallest absolute Gasteiger partial charge is 0.125 e. The van der Waals surface area contributed by atoms with Gasteiger partial charge in [0.2, 0.25) is 0 Å². The second kappa shape index (κ2) is 3.36. The van der Waals surface area contributed by atoms with Crippen LogP contribution in [0.4, 0.5) is 10.1 Å². The van der Waals surface area contributed by atoms with Crippen molar-refractivity contribution in [2.24, 2.45) is 5.92 Å². The summed E-state index contributed by atoms with van der Waals surface area (Å²) >= 11 is 0. The fourth-order valence-electron chi connectivity index (χ4n) is 1.76. The molecule has 1 aromatic carbocycles. The Morgan fingerprint density at radius 2 is 2.46 bits per heavy atom. The summed E-state index contributed by atoms with van der Waals surface area (Å²) in [5, 5.41) is 0. The van der Waals surface area contributed by atoms with Gasteiger partial charge in [0.25, 0.3) is 0 Å². The van der Waals surface area contributed by atoms with E-state index in [1.54, 1.807) is 12.1 Å². The summed E-state index contributed by atoms with van der Waals surface area (Å²) < 4.78 is 12.9. The Balaban J connectivity index is 2.16. The van der Waals surface area contributed by atoms with Crippen LogP contribution >= 0.6 is 0 Å². The van der Waals surface area contributed by atoms with Gasteiger partial charge >= 0.3 is 0 Å². The SMILES string of the molecule is C[C@@H]1CCN(c2[c]ccc(F)c2)C1. The van der Waals surface area contributed by atoms with Gasteiger partial charge in [0.05, 0.1) is 0 Å². The highest BCUT2D eigenvalue weighted by molar-refractivity contribution is 5.46. The first-order valence-corrected chi connectivity index (χ1v) is 4.68. The van der Waals surface area contributed by atoms with Gasteiger partial charge in [0.1, 0.15) is 5.82 Å². The lowest BCUT2D eigenvalue weighted by molar-refractivity contribution is 0.626. The second-order valence-electron chi connectivity index (χ2n) is 3.73. The molecule has 2 heteroatoms. The Morgan fingerprint density at radius 3 is 3.08 bits per heavy atom. The molecular formula is C11H13FN. The summed E-state index contributed by atoms with van der Waals surface area (Å²) in [6.07, 6.45) is 1.20. The maximum atomic E-state index is 12.9. The zero-order valence-corrected chi connectivity index (χ0v) is 7.76. The molecule has 0 aromatic heterocycles. The zero-order chi connectivity index (χ0) is 9.26. The van der Waals surface area contributed by atoms with E-state index < -0.39 is 0 Å². The van der Waals surface area contributed by atoms with E-state index in [0.717, 1.165) is 24.7 Å². The van der Waals surface area contributed by atoms with Gasteiger partial charge < -0.3 is 4.90 Å². The molecule has 0 saturated carbocycles. The third-order valence-corrected chi connectivity index (χ3v) is 2.51. The molecule has 0 N–H and O–H groups in total. The summed E-state index contributed by atoms with van der Waals surface area (Å²) in [5.74, 6) is 0.546. The van der Waals surface area contributed by atoms with E-state index in [-0.39, 0.29) is 5.82 Å². The Kier molecular flexibility index (Phi) is 2.21. The predicted octanol–water partition coefficient (Wildman–Crippen LogP) is 2.47. The highest BCUT2D eigenvalue weighted by Gasteiger charge is 2.18. The van der Waals surface area contributed by atoms with Gasteiger partial charge in [-0.3, -0.25) is 0 Å². The number of hydrogen-bond acceptors (Lipinski definition) is 1. The average molecular weight is 178 g/mol. The second-order valence-corrected chi connectivity index (χ2v) is 3.73. The molecule has 0 aliphatic carbocycles. The van der Waals surface area contributed by atoms with Gasteiger partial charge in [-0.2, -0.15) is 0 Å². The first kappa shape index (κ1) is 8.54. The molecule has 0 spiro atoms. The maximum Gasteiger partial charge on any atom is 0.125 e. The summed E-state index contributed by atoms with van der Waals surface area (Å²) in [6, 6.07) is 7.69. The van der Waals surface area contributed by atoms with E-state index in [9.17, 15) is 4.39 Å². The summed E-state index contributed by atoms with van der Waals surface area (Å²) in [5.41, 5.74) is 0.893. The van der Waals surface area contributed by atoms with E-state index in [2.05, 4.69) is 17.9 Å². The fraction of sp³-hybridized carbons (Fsp3) is 0.455. The van der Waals surface area contributed by atoms with Gasteiger partial charge in [-0.05, 0) is 30.5 Å². The minimum atomic E-state index is -0.173. The average Bonchev–Trinajstić information content (AvgIpc) is 2.52. The first-order valence-electron chi connectivity index (χ1n) is 4.68. The van der Waals surface area contributed by atoms with Gasteiger partial charge in [-0.25, -0.2) is 4.39 Å². The minimum absolute atomic E-state index is 0.173. The van der Waals surface area contributed by atoms with Crippen molar-refractivity contribution in [2.45, 2.75) is 13.3 Å². The lowest BCUT2D eigenvalue weighted by Crippen LogP contribution is -2.19. The van der Waals surface area contributed by atoms with Crippen molar-refractivity contribution in [3.63, 3.8) is 0 Å². The summed E-state index contributed by atoms with van der Waals surface area (Å²) in [7, 11) is 0. The van der Waals surface area contributed by atoms with Gasteiger partial charge in [-0.1, -0.05) is 6.92 Å². The lowest BCUT2D eigenvalue weighted by Gasteiger charge is -2.17. The number of rotatable bonds is 1. The molecule has 69 valence electrons. The Bertz CT molecular complexity index is 298. The Hall–Kier alpha value is -1.05. The van der Waals surface area contributed by atoms with Crippen LogP contribution in [0.2, 0.25) is 0 Å². The van der Waals surface area contributed by atoms with E-state index in [0.29, 0.717) is 0 Å². The van der Waals surface area contributed by atoms with Gasteiger partial charge in [-0.15, -0.1) is 0 Å². The molecule has 1 aliphatic rings. The molecule has 1 saturated heterocycles. The van der Waals surface area contributed by atoms with Gasteiger partial charge in [0.15, 0.2) is 0 Å². The van der Waals surface area contributed by atoms with Crippen molar-refractivity contribution < 1.29 is 4.39 Å². The monoisotopic (exact) mass is 178 g/mol. The first-order chi connectivity index (χ1) is 6.25. The standard InChI is InChI=1S/C11H13FN/c1-9-5-6-13(8-9)11-4-2-3-10(12)7-11/h2-3,7,9H,5-6,8H2,1H3/t9-/m1/s1. The van der Waals surface area contributed by atoms with Crippen LogP contribution < -0.4 is 4.90 Å². The number of benzene rings is 1. The molecule has 0 bridgehead atoms. The van der Waals surface area contributed by atoms with Crippen LogP contribution in [0.5, 0.6) is 0 Å². The van der Waals surface area contributed by atoms with E-state index in [4.69, 9.17) is 0 Å². The summed E-state index contributed by atoms with van der Waals surface area (Å²) in [4.78, 5) is 2.19. The highest BCUT2D eigenvalue weighted by Crippen LogP contribution is 2.23. The van der Waals surface area contributed by atoms with Crippen LogP contribution in [0.3, 0.4) is 0 Å². The van der Waals surface area contributed by atoms with Crippen LogP contribution in [0.15, 0.2) is 18.2 Å². The molecule has 1 atom stereocenters. The molecule has 1 radical (unpaired) electrons. The van der Waals surface area contributed by atoms with Crippen molar-refractivity contribution in [1.29, 1.82) is 0 Å². The quantitative estimate of drug-likeness (QED) is 0.638. The normalized spacial score (nSPS) is 22.3. The van der Waals surface area contributed by atoms with Crippen molar-refractivity contribution >= 4 is 5.69 Å². The number of hydrogen-bond donors (Lipinski definition) is 0. The van der Waals surface area contributed by atoms with E-state index in [1.807, 2.05) is 0 Å². The van der Waals surface area contributed by atoms with Gasteiger partial charge in [0, 0.05) is 24.8 Å². The van der Waals surface area contributed by atoms with Crippen LogP contribution in [0.1, 0.15) is 13.3 Å². The third-order valence-electron chi connectivity index (χ3n) is 2.51. The molecule has 1 heterocycles. The molecule has 2 rings (SSSR count). The van der Waals surface area contributed by atoms with Crippen molar-refractivity contribution in [3.8, 4) is 0 Å². The topological polar surface area (TPSA) is 3.24 Å². The van der Waals surface area contributed by atoms with E-state index >= 15 is 0 Å². The molecule has 1 nitrogen and oxygen atoms in total. The lowest BCUT2D eigenvalue weighted by atomic mass is 10.2. The molecule has 1 fully saturated rings. The fourth-order valence-corrected chi connectivity index (χ4v) is 1.76. The zero-order valence-electron chi connectivity index (χ0n) is 7.76. The molecule has 1 aromatic rings. The number of halogens is 1. The van der Waals surface area contributed by atoms with Crippen LogP contribution in [-0.4, -0.2) is 13.1 Å². The number of nitrogens with zero attached hydrogens (tertiary/aromatic N) is 1. The highest BCUT2D eigenvalue weighted by atomic mass is 19.1. The largest absolute Gasteiger partial charge is 0.371 e. The van der Waals surface area contributed by atoms with Crippen molar-refractivity contribution in [3.05, 3.63) is 30.1 Å². The van der Waals surface area contributed by atoms with E-state index in [1.165, 1.54) is 12.5 Å². The molecule has 0 unspecified atom stereocenters. The molecule has 13 heavy (non-hydrogen) atoms. The molecule has 0 amide bonds. The Labute approximate surface area is 78.2 Å². The number of anilines is 1. The Morgan fingerprint density at radius 1 is 1.62 bits per heavy atom. The molecule has 1 aliphatic heterocycles. The van der Waals surface area contributed by atoms with Crippen molar-refractivity contribution in [1.82, 2.24) is 0 Å². The minimum Gasteiger partial charge on any atom is -0.371 e. The molecular weight excluding hydrogens is 165 g/mol.